The van der Waals surface area contributed by atoms with Gasteiger partial charge in [0, 0.05) is 26.0 Å². The molecule has 0 radical (unpaired) electrons. The number of aromatic nitrogens is 2. The highest BCUT2D eigenvalue weighted by Crippen LogP contribution is 2.06. The van der Waals surface area contributed by atoms with E-state index in [0.29, 0.717) is 13.2 Å². The van der Waals surface area contributed by atoms with Crippen LogP contribution in [0.2, 0.25) is 0 Å². The fourth-order valence-corrected chi connectivity index (χ4v) is 1.74. The van der Waals surface area contributed by atoms with Gasteiger partial charge in [0.2, 0.25) is 0 Å². The Balaban J connectivity index is 1.84. The number of nitrogens with one attached hydrogen (secondary N) is 1. The van der Waals surface area contributed by atoms with Crippen LogP contribution in [-0.4, -0.2) is 17.1 Å². The van der Waals surface area contributed by atoms with E-state index in [2.05, 4.69) is 33.5 Å². The van der Waals surface area contributed by atoms with Crippen molar-refractivity contribution in [2.45, 2.75) is 19.7 Å². The van der Waals surface area contributed by atoms with E-state index < -0.39 is 0 Å². The van der Waals surface area contributed by atoms with Crippen LogP contribution in [0.5, 0.6) is 0 Å². The average Bonchev–Trinajstić information content (AvgIpc) is 2.41. The Morgan fingerprint density at radius 1 is 1.06 bits per heavy atom. The second-order valence-electron chi connectivity index (χ2n) is 4.02. The van der Waals surface area contributed by atoms with Gasteiger partial charge >= 0.3 is 0 Å². The Hall–Kier alpha value is -1.78. The molecule has 0 bridgehead atoms. The van der Waals surface area contributed by atoms with Crippen LogP contribution in [0, 0.1) is 0 Å². The number of hydrogen-bond acceptors (Lipinski definition) is 4. The van der Waals surface area contributed by atoms with E-state index in [1.54, 1.807) is 19.5 Å². The molecule has 0 aliphatic carbocycles. The average molecular weight is 243 g/mol. The van der Waals surface area contributed by atoms with Crippen LogP contribution in [0.4, 0.5) is 0 Å². The summed E-state index contributed by atoms with van der Waals surface area (Å²) in [5.41, 5.74) is 2.42. The molecule has 0 saturated carbocycles. The lowest BCUT2D eigenvalue weighted by atomic mass is 10.1. The van der Waals surface area contributed by atoms with Gasteiger partial charge in [-0.25, -0.2) is 9.97 Å². The van der Waals surface area contributed by atoms with Gasteiger partial charge in [-0.3, -0.25) is 0 Å². The lowest BCUT2D eigenvalue weighted by molar-refractivity contribution is 0.185. The van der Waals surface area contributed by atoms with Crippen molar-refractivity contribution in [3.05, 3.63) is 59.7 Å². The van der Waals surface area contributed by atoms with Gasteiger partial charge in [0.1, 0.15) is 5.82 Å². The minimum atomic E-state index is 0.648. The summed E-state index contributed by atoms with van der Waals surface area (Å²) in [4.78, 5) is 8.33. The summed E-state index contributed by atoms with van der Waals surface area (Å²) in [7, 11) is 1.71. The van der Waals surface area contributed by atoms with Crippen LogP contribution >= 0.6 is 0 Å². The minimum Gasteiger partial charge on any atom is -0.380 e. The first-order chi connectivity index (χ1) is 8.88. The standard InChI is InChI=1S/C14H17N3O/c1-18-11-13-5-2-4-12(8-13)9-15-10-14-16-6-3-7-17-14/h2-8,15H,9-11H2,1H3. The molecule has 0 atom stereocenters. The summed E-state index contributed by atoms with van der Waals surface area (Å²) >= 11 is 0. The van der Waals surface area contributed by atoms with Crippen LogP contribution in [-0.2, 0) is 24.4 Å². The summed E-state index contributed by atoms with van der Waals surface area (Å²) < 4.78 is 5.12. The third-order valence-electron chi connectivity index (χ3n) is 2.53. The highest BCUT2D eigenvalue weighted by atomic mass is 16.5. The summed E-state index contributed by atoms with van der Waals surface area (Å²) in [6.45, 7) is 2.13. The molecule has 4 nitrogen and oxygen atoms in total. The highest BCUT2D eigenvalue weighted by molar-refractivity contribution is 5.22. The Bertz CT molecular complexity index is 473. The van der Waals surface area contributed by atoms with Gasteiger partial charge < -0.3 is 10.1 Å². The van der Waals surface area contributed by atoms with Gasteiger partial charge in [-0.15, -0.1) is 0 Å². The van der Waals surface area contributed by atoms with Crippen LogP contribution < -0.4 is 5.32 Å². The van der Waals surface area contributed by atoms with E-state index >= 15 is 0 Å². The molecule has 0 aliphatic heterocycles. The molecule has 0 fully saturated rings. The number of ether oxygens (including phenoxy) is 1. The lowest BCUT2D eigenvalue weighted by Gasteiger charge is -2.06. The van der Waals surface area contributed by atoms with Crippen LogP contribution in [0.15, 0.2) is 42.7 Å². The van der Waals surface area contributed by atoms with Crippen molar-refractivity contribution in [2.75, 3.05) is 7.11 Å². The first-order valence-electron chi connectivity index (χ1n) is 5.92. The van der Waals surface area contributed by atoms with Gasteiger partial charge in [-0.2, -0.15) is 0 Å². The molecule has 4 heteroatoms. The van der Waals surface area contributed by atoms with Crippen molar-refractivity contribution >= 4 is 0 Å². The molecule has 94 valence electrons. The van der Waals surface area contributed by atoms with Crippen molar-refractivity contribution in [1.29, 1.82) is 0 Å². The first kappa shape index (κ1) is 12.7. The molecule has 1 N–H and O–H groups in total. The summed E-state index contributed by atoms with van der Waals surface area (Å²) in [6.07, 6.45) is 3.51. The Kier molecular flexibility index (Phi) is 4.81. The van der Waals surface area contributed by atoms with Gasteiger partial charge in [-0.1, -0.05) is 24.3 Å². The summed E-state index contributed by atoms with van der Waals surface area (Å²) in [5.74, 6) is 0.811. The maximum atomic E-state index is 5.12. The maximum Gasteiger partial charge on any atom is 0.141 e. The monoisotopic (exact) mass is 243 g/mol. The number of benzene rings is 1. The number of hydrogen-bond donors (Lipinski definition) is 1. The fraction of sp³-hybridized carbons (Fsp3) is 0.286. The van der Waals surface area contributed by atoms with Gasteiger partial charge in [0.15, 0.2) is 0 Å². The molecular formula is C14H17N3O. The number of rotatable bonds is 6. The van der Waals surface area contributed by atoms with E-state index in [4.69, 9.17) is 4.74 Å². The third-order valence-corrected chi connectivity index (χ3v) is 2.53. The molecule has 1 heterocycles. The van der Waals surface area contributed by atoms with E-state index in [9.17, 15) is 0 Å². The Morgan fingerprint density at radius 2 is 1.83 bits per heavy atom. The van der Waals surface area contributed by atoms with Crippen molar-refractivity contribution < 1.29 is 4.74 Å². The zero-order valence-electron chi connectivity index (χ0n) is 10.5. The maximum absolute atomic E-state index is 5.12. The SMILES string of the molecule is COCc1cccc(CNCc2ncccn2)c1. The van der Waals surface area contributed by atoms with Crippen molar-refractivity contribution in [1.82, 2.24) is 15.3 Å². The van der Waals surface area contributed by atoms with E-state index in [-0.39, 0.29) is 0 Å². The van der Waals surface area contributed by atoms with E-state index in [0.717, 1.165) is 12.4 Å². The zero-order valence-corrected chi connectivity index (χ0v) is 10.5. The molecule has 0 unspecified atom stereocenters. The largest absolute Gasteiger partial charge is 0.380 e. The lowest BCUT2D eigenvalue weighted by Crippen LogP contribution is -2.14. The molecule has 1 aromatic heterocycles. The smallest absolute Gasteiger partial charge is 0.141 e. The molecule has 0 saturated heterocycles. The molecule has 2 aromatic rings. The summed E-state index contributed by atoms with van der Waals surface area (Å²) in [5, 5.41) is 3.32. The molecule has 0 amide bonds. The molecule has 1 aromatic carbocycles. The highest BCUT2D eigenvalue weighted by Gasteiger charge is 1.97. The third kappa shape index (κ3) is 3.91. The molecule has 2 rings (SSSR count). The van der Waals surface area contributed by atoms with Crippen molar-refractivity contribution in [3.8, 4) is 0 Å². The molecule has 0 aliphatic rings. The van der Waals surface area contributed by atoms with Crippen molar-refractivity contribution in [3.63, 3.8) is 0 Å². The Labute approximate surface area is 107 Å². The normalized spacial score (nSPS) is 10.5. The van der Waals surface area contributed by atoms with Crippen LogP contribution in [0.3, 0.4) is 0 Å². The quantitative estimate of drug-likeness (QED) is 0.842. The fourth-order valence-electron chi connectivity index (χ4n) is 1.74. The van der Waals surface area contributed by atoms with E-state index in [1.807, 2.05) is 12.1 Å². The second kappa shape index (κ2) is 6.83. The second-order valence-corrected chi connectivity index (χ2v) is 4.02. The molecular weight excluding hydrogens is 226 g/mol. The van der Waals surface area contributed by atoms with E-state index in [1.165, 1.54) is 11.1 Å². The van der Waals surface area contributed by atoms with Crippen molar-refractivity contribution in [2.24, 2.45) is 0 Å². The zero-order chi connectivity index (χ0) is 12.6. The Morgan fingerprint density at radius 3 is 2.61 bits per heavy atom. The minimum absolute atomic E-state index is 0.648. The van der Waals surface area contributed by atoms with Gasteiger partial charge in [-0.05, 0) is 17.2 Å². The topological polar surface area (TPSA) is 47.0 Å². The number of nitrogens with zero attached hydrogens (tertiary/aromatic N) is 2. The molecule has 18 heavy (non-hydrogen) atoms. The van der Waals surface area contributed by atoms with Gasteiger partial charge in [0.05, 0.1) is 13.2 Å². The molecule has 0 spiro atoms. The number of methoxy groups -OCH3 is 1. The predicted molar refractivity (Wildman–Crippen MR) is 69.7 cm³/mol. The summed E-state index contributed by atoms with van der Waals surface area (Å²) in [6, 6.07) is 10.2. The predicted octanol–water partition coefficient (Wildman–Crippen LogP) is 1.91. The first-order valence-corrected chi connectivity index (χ1v) is 5.92. The van der Waals surface area contributed by atoms with Crippen LogP contribution in [0.1, 0.15) is 17.0 Å². The van der Waals surface area contributed by atoms with Gasteiger partial charge in [0.25, 0.3) is 0 Å². The van der Waals surface area contributed by atoms with Crippen LogP contribution in [0.25, 0.3) is 0 Å².